The number of nitrogens with one attached hydrogen (secondary N) is 1. The standard InChI is InChI=1S/C12H23N3O4/c1-5-15(7-9(16)19-6-2)11(17)10(8(3)4)14-12(13)18/h8,10H,5-7H2,1-4H3,(H3,13,14,18). The van der Waals surface area contributed by atoms with Crippen LogP contribution < -0.4 is 11.1 Å². The van der Waals surface area contributed by atoms with Gasteiger partial charge in [-0.2, -0.15) is 0 Å². The maximum atomic E-state index is 12.2. The van der Waals surface area contributed by atoms with Gasteiger partial charge < -0.3 is 20.7 Å². The van der Waals surface area contributed by atoms with Gasteiger partial charge in [0.05, 0.1) is 6.61 Å². The third-order valence-corrected chi connectivity index (χ3v) is 2.55. The van der Waals surface area contributed by atoms with E-state index in [1.165, 1.54) is 4.90 Å². The van der Waals surface area contributed by atoms with Crippen LogP contribution in [0, 0.1) is 5.92 Å². The van der Waals surface area contributed by atoms with Crippen LogP contribution in [0.5, 0.6) is 0 Å². The van der Waals surface area contributed by atoms with Crippen LogP contribution in [0.25, 0.3) is 0 Å². The van der Waals surface area contributed by atoms with E-state index in [0.29, 0.717) is 6.54 Å². The third kappa shape index (κ3) is 6.08. The highest BCUT2D eigenvalue weighted by molar-refractivity contribution is 5.89. The topological polar surface area (TPSA) is 102 Å². The second-order valence-electron chi connectivity index (χ2n) is 4.39. The normalized spacial score (nSPS) is 11.8. The predicted molar refractivity (Wildman–Crippen MR) is 70.2 cm³/mol. The number of nitrogens with two attached hydrogens (primary N) is 1. The first-order valence-electron chi connectivity index (χ1n) is 6.33. The van der Waals surface area contributed by atoms with E-state index in [9.17, 15) is 14.4 Å². The molecule has 7 heteroatoms. The molecule has 0 aromatic rings. The molecule has 0 spiro atoms. The second kappa shape index (κ2) is 8.34. The number of hydrogen-bond acceptors (Lipinski definition) is 4. The Morgan fingerprint density at radius 3 is 2.21 bits per heavy atom. The number of primary amides is 1. The van der Waals surface area contributed by atoms with Crippen molar-refractivity contribution in [3.63, 3.8) is 0 Å². The number of urea groups is 1. The van der Waals surface area contributed by atoms with Crippen LogP contribution in [-0.2, 0) is 14.3 Å². The Morgan fingerprint density at radius 1 is 1.26 bits per heavy atom. The number of likely N-dealkylation sites (N-methyl/N-ethyl adjacent to an activating group) is 1. The molecule has 3 N–H and O–H groups in total. The van der Waals surface area contributed by atoms with Gasteiger partial charge in [0, 0.05) is 6.54 Å². The van der Waals surface area contributed by atoms with Crippen LogP contribution in [0.3, 0.4) is 0 Å². The van der Waals surface area contributed by atoms with E-state index in [2.05, 4.69) is 5.32 Å². The molecule has 0 saturated carbocycles. The van der Waals surface area contributed by atoms with Crippen LogP contribution in [0.15, 0.2) is 0 Å². The molecule has 7 nitrogen and oxygen atoms in total. The number of rotatable bonds is 7. The number of carbonyl (C=O) groups excluding carboxylic acids is 3. The molecular weight excluding hydrogens is 250 g/mol. The van der Waals surface area contributed by atoms with Gasteiger partial charge in [-0.15, -0.1) is 0 Å². The van der Waals surface area contributed by atoms with Crippen molar-refractivity contribution in [2.75, 3.05) is 19.7 Å². The monoisotopic (exact) mass is 273 g/mol. The summed E-state index contributed by atoms with van der Waals surface area (Å²) in [6, 6.07) is -1.51. The Hall–Kier alpha value is -1.79. The molecule has 1 atom stereocenters. The molecule has 0 bridgehead atoms. The zero-order valence-electron chi connectivity index (χ0n) is 11.9. The molecule has 19 heavy (non-hydrogen) atoms. The number of carbonyl (C=O) groups is 3. The fraction of sp³-hybridized carbons (Fsp3) is 0.750. The zero-order chi connectivity index (χ0) is 15.0. The first-order valence-corrected chi connectivity index (χ1v) is 6.33. The van der Waals surface area contributed by atoms with Gasteiger partial charge in [-0.05, 0) is 19.8 Å². The molecule has 1 unspecified atom stereocenters. The molecule has 0 aliphatic carbocycles. The summed E-state index contributed by atoms with van der Waals surface area (Å²) in [5.41, 5.74) is 5.05. The van der Waals surface area contributed by atoms with E-state index in [0.717, 1.165) is 0 Å². The second-order valence-corrected chi connectivity index (χ2v) is 4.39. The number of nitrogens with zero attached hydrogens (tertiary/aromatic N) is 1. The molecule has 0 heterocycles. The van der Waals surface area contributed by atoms with Crippen LogP contribution in [0.4, 0.5) is 4.79 Å². The van der Waals surface area contributed by atoms with E-state index >= 15 is 0 Å². The Balaban J connectivity index is 4.77. The van der Waals surface area contributed by atoms with Crippen LogP contribution in [-0.4, -0.2) is 48.5 Å². The summed E-state index contributed by atoms with van der Waals surface area (Å²) >= 11 is 0. The van der Waals surface area contributed by atoms with Crippen molar-refractivity contribution in [2.24, 2.45) is 11.7 Å². The largest absolute Gasteiger partial charge is 0.465 e. The van der Waals surface area contributed by atoms with Gasteiger partial charge >= 0.3 is 12.0 Å². The minimum absolute atomic E-state index is 0.128. The number of hydrogen-bond donors (Lipinski definition) is 2. The fourth-order valence-corrected chi connectivity index (χ4v) is 1.57. The number of amides is 3. The summed E-state index contributed by atoms with van der Waals surface area (Å²) in [7, 11) is 0. The zero-order valence-corrected chi connectivity index (χ0v) is 11.9. The highest BCUT2D eigenvalue weighted by Crippen LogP contribution is 2.06. The summed E-state index contributed by atoms with van der Waals surface area (Å²) < 4.78 is 4.80. The van der Waals surface area contributed by atoms with Crippen molar-refractivity contribution in [1.82, 2.24) is 10.2 Å². The molecule has 0 aromatic carbocycles. The summed E-state index contributed by atoms with van der Waals surface area (Å²) in [5, 5.41) is 2.39. The average Bonchev–Trinajstić information content (AvgIpc) is 2.32. The SMILES string of the molecule is CCOC(=O)CN(CC)C(=O)C(NC(N)=O)C(C)C. The van der Waals surface area contributed by atoms with E-state index < -0.39 is 18.0 Å². The summed E-state index contributed by atoms with van der Waals surface area (Å²) in [5.74, 6) is -0.945. The van der Waals surface area contributed by atoms with Crippen LogP contribution in [0.2, 0.25) is 0 Å². The number of ether oxygens (including phenoxy) is 1. The van der Waals surface area contributed by atoms with Crippen molar-refractivity contribution < 1.29 is 19.1 Å². The van der Waals surface area contributed by atoms with Gasteiger partial charge in [0.25, 0.3) is 0 Å². The Morgan fingerprint density at radius 2 is 1.84 bits per heavy atom. The van der Waals surface area contributed by atoms with Gasteiger partial charge in [-0.3, -0.25) is 9.59 Å². The first-order chi connectivity index (χ1) is 8.83. The van der Waals surface area contributed by atoms with Crippen molar-refractivity contribution in [3.8, 4) is 0 Å². The first kappa shape index (κ1) is 17.2. The molecule has 0 fully saturated rings. The van der Waals surface area contributed by atoms with Crippen molar-refractivity contribution in [1.29, 1.82) is 0 Å². The minimum Gasteiger partial charge on any atom is -0.465 e. The maximum Gasteiger partial charge on any atom is 0.325 e. The van der Waals surface area contributed by atoms with E-state index in [1.54, 1.807) is 27.7 Å². The van der Waals surface area contributed by atoms with E-state index in [-0.39, 0.29) is 25.0 Å². The van der Waals surface area contributed by atoms with Gasteiger partial charge in [0.1, 0.15) is 12.6 Å². The molecule has 0 radical (unpaired) electrons. The van der Waals surface area contributed by atoms with Crippen molar-refractivity contribution >= 4 is 17.9 Å². The fourth-order valence-electron chi connectivity index (χ4n) is 1.57. The molecule has 0 saturated heterocycles. The quantitative estimate of drug-likeness (QED) is 0.642. The van der Waals surface area contributed by atoms with Crippen molar-refractivity contribution in [3.05, 3.63) is 0 Å². The van der Waals surface area contributed by atoms with Gasteiger partial charge in [-0.1, -0.05) is 13.8 Å². The lowest BCUT2D eigenvalue weighted by Gasteiger charge is -2.27. The highest BCUT2D eigenvalue weighted by Gasteiger charge is 2.28. The van der Waals surface area contributed by atoms with Crippen LogP contribution >= 0.6 is 0 Å². The van der Waals surface area contributed by atoms with E-state index in [1.807, 2.05) is 0 Å². The molecule has 0 aromatic heterocycles. The van der Waals surface area contributed by atoms with E-state index in [4.69, 9.17) is 10.5 Å². The molecule has 0 aliphatic heterocycles. The lowest BCUT2D eigenvalue weighted by molar-refractivity contribution is -0.149. The third-order valence-electron chi connectivity index (χ3n) is 2.55. The molecule has 3 amide bonds. The van der Waals surface area contributed by atoms with Crippen molar-refractivity contribution in [2.45, 2.75) is 33.7 Å². The summed E-state index contributed by atoms with van der Waals surface area (Å²) in [6.07, 6.45) is 0. The smallest absolute Gasteiger partial charge is 0.325 e. The molecule has 0 rings (SSSR count). The minimum atomic E-state index is -0.765. The Kier molecular flexibility index (Phi) is 7.55. The summed E-state index contributed by atoms with van der Waals surface area (Å²) in [4.78, 5) is 35.9. The van der Waals surface area contributed by atoms with Crippen LogP contribution in [0.1, 0.15) is 27.7 Å². The Bertz CT molecular complexity index is 331. The Labute approximate surface area is 113 Å². The molecule has 0 aliphatic rings. The lowest BCUT2D eigenvalue weighted by Crippen LogP contribution is -2.53. The van der Waals surface area contributed by atoms with Gasteiger partial charge in [0.2, 0.25) is 5.91 Å². The maximum absolute atomic E-state index is 12.2. The predicted octanol–water partition coefficient (Wildman–Crippen LogP) is 0.0909. The average molecular weight is 273 g/mol. The molecular formula is C12H23N3O4. The molecule has 110 valence electrons. The summed E-state index contributed by atoms with van der Waals surface area (Å²) in [6.45, 7) is 7.50. The van der Waals surface area contributed by atoms with Gasteiger partial charge in [0.15, 0.2) is 0 Å². The lowest BCUT2D eigenvalue weighted by atomic mass is 10.0. The highest BCUT2D eigenvalue weighted by atomic mass is 16.5. The van der Waals surface area contributed by atoms with Gasteiger partial charge in [-0.25, -0.2) is 4.79 Å². The number of esters is 1.